The average Bonchev–Trinajstić information content (AvgIpc) is 2.55. The highest BCUT2D eigenvalue weighted by Gasteiger charge is 2.20. The third-order valence-electron chi connectivity index (χ3n) is 3.97. The molecular formula is C18H28N2O3. The molecule has 5 heteroatoms. The largest absolute Gasteiger partial charge is 0.379 e. The number of carbonyl (C=O) groups excluding carboxylic acids is 1. The molecule has 1 saturated heterocycles. The van der Waals surface area contributed by atoms with Gasteiger partial charge in [-0.2, -0.15) is 0 Å². The Bertz CT molecular complexity index is 493. The first-order chi connectivity index (χ1) is 11.2. The van der Waals surface area contributed by atoms with E-state index in [0.29, 0.717) is 32.3 Å². The van der Waals surface area contributed by atoms with Gasteiger partial charge < -0.3 is 19.7 Å². The van der Waals surface area contributed by atoms with Gasteiger partial charge in [0.25, 0.3) is 0 Å². The second-order valence-corrected chi connectivity index (χ2v) is 6.07. The van der Waals surface area contributed by atoms with Crippen LogP contribution in [0.25, 0.3) is 0 Å². The van der Waals surface area contributed by atoms with Crippen molar-refractivity contribution in [3.8, 4) is 0 Å². The molecule has 0 aliphatic carbocycles. The van der Waals surface area contributed by atoms with Crippen molar-refractivity contribution in [3.05, 3.63) is 29.8 Å². The van der Waals surface area contributed by atoms with E-state index >= 15 is 0 Å². The Balaban J connectivity index is 1.80. The lowest BCUT2D eigenvalue weighted by molar-refractivity contribution is 0.0453. The van der Waals surface area contributed by atoms with Crippen molar-refractivity contribution >= 4 is 11.7 Å². The van der Waals surface area contributed by atoms with Gasteiger partial charge >= 0.3 is 6.03 Å². The highest BCUT2D eigenvalue weighted by molar-refractivity contribution is 5.89. The molecule has 1 fully saturated rings. The Morgan fingerprint density at radius 1 is 1.35 bits per heavy atom. The van der Waals surface area contributed by atoms with Crippen LogP contribution in [0.4, 0.5) is 10.5 Å². The maximum absolute atomic E-state index is 12.3. The first-order valence-corrected chi connectivity index (χ1v) is 8.49. The average molecular weight is 320 g/mol. The molecule has 23 heavy (non-hydrogen) atoms. The summed E-state index contributed by atoms with van der Waals surface area (Å²) in [7, 11) is 0. The second kappa shape index (κ2) is 9.53. The molecule has 2 amide bonds. The standard InChI is InChI=1S/C18H28N2O3/c1-3-22-10-11-23-14-16-7-4-8-17(12-16)19-18(21)20-9-5-6-15(2)13-20/h4,7-8,12,15H,3,5-6,9-11,13-14H2,1-2H3,(H,19,21)/t15-/m1/s1. The zero-order chi connectivity index (χ0) is 16.5. The topological polar surface area (TPSA) is 50.8 Å². The summed E-state index contributed by atoms with van der Waals surface area (Å²) in [5.41, 5.74) is 1.87. The minimum Gasteiger partial charge on any atom is -0.379 e. The van der Waals surface area contributed by atoms with E-state index in [4.69, 9.17) is 9.47 Å². The predicted molar refractivity (Wildman–Crippen MR) is 91.6 cm³/mol. The zero-order valence-corrected chi connectivity index (χ0v) is 14.2. The Morgan fingerprint density at radius 2 is 2.17 bits per heavy atom. The van der Waals surface area contributed by atoms with Gasteiger partial charge in [-0.05, 0) is 43.4 Å². The monoisotopic (exact) mass is 320 g/mol. The first kappa shape index (κ1) is 17.8. The lowest BCUT2D eigenvalue weighted by Gasteiger charge is -2.31. The number of benzene rings is 1. The number of anilines is 1. The van der Waals surface area contributed by atoms with E-state index in [1.165, 1.54) is 6.42 Å². The maximum Gasteiger partial charge on any atom is 0.321 e. The number of carbonyl (C=O) groups is 1. The summed E-state index contributed by atoms with van der Waals surface area (Å²) >= 11 is 0. The quantitative estimate of drug-likeness (QED) is 0.782. The predicted octanol–water partition coefficient (Wildman–Crippen LogP) is 3.50. The van der Waals surface area contributed by atoms with E-state index in [1.807, 2.05) is 36.1 Å². The fourth-order valence-corrected chi connectivity index (χ4v) is 2.77. The molecule has 0 aromatic heterocycles. The van der Waals surface area contributed by atoms with Crippen LogP contribution in [0.2, 0.25) is 0 Å². The molecular weight excluding hydrogens is 292 g/mol. The van der Waals surface area contributed by atoms with Crippen LogP contribution in [0.1, 0.15) is 32.3 Å². The Morgan fingerprint density at radius 3 is 2.96 bits per heavy atom. The number of piperidine rings is 1. The van der Waals surface area contributed by atoms with Crippen molar-refractivity contribution in [2.75, 3.05) is 38.2 Å². The molecule has 0 bridgehead atoms. The van der Waals surface area contributed by atoms with E-state index in [-0.39, 0.29) is 6.03 Å². The molecule has 1 aliphatic rings. The molecule has 1 N–H and O–H groups in total. The molecule has 0 spiro atoms. The normalized spacial score (nSPS) is 18.0. The molecule has 0 saturated carbocycles. The number of nitrogens with one attached hydrogen (secondary N) is 1. The SMILES string of the molecule is CCOCCOCc1cccc(NC(=O)N2CCC[C@@H](C)C2)c1. The number of likely N-dealkylation sites (tertiary alicyclic amines) is 1. The van der Waals surface area contributed by atoms with Crippen molar-refractivity contribution in [3.63, 3.8) is 0 Å². The zero-order valence-electron chi connectivity index (χ0n) is 14.2. The number of nitrogens with zero attached hydrogens (tertiary/aromatic N) is 1. The van der Waals surface area contributed by atoms with Gasteiger partial charge in [0.2, 0.25) is 0 Å². The number of urea groups is 1. The molecule has 5 nitrogen and oxygen atoms in total. The Labute approximate surface area is 139 Å². The van der Waals surface area contributed by atoms with Crippen molar-refractivity contribution in [2.24, 2.45) is 5.92 Å². The smallest absolute Gasteiger partial charge is 0.321 e. The van der Waals surface area contributed by atoms with Gasteiger partial charge in [-0.15, -0.1) is 0 Å². The van der Waals surface area contributed by atoms with Crippen LogP contribution in [0, 0.1) is 5.92 Å². The van der Waals surface area contributed by atoms with E-state index in [0.717, 1.165) is 30.8 Å². The van der Waals surface area contributed by atoms with Crippen molar-refractivity contribution in [1.82, 2.24) is 4.90 Å². The van der Waals surface area contributed by atoms with Crippen molar-refractivity contribution in [2.45, 2.75) is 33.3 Å². The lowest BCUT2D eigenvalue weighted by atomic mass is 10.0. The molecule has 2 rings (SSSR count). The molecule has 128 valence electrons. The summed E-state index contributed by atoms with van der Waals surface area (Å²) < 4.78 is 10.8. The van der Waals surface area contributed by atoms with Crippen molar-refractivity contribution in [1.29, 1.82) is 0 Å². The van der Waals surface area contributed by atoms with Gasteiger partial charge in [-0.25, -0.2) is 4.79 Å². The number of rotatable bonds is 7. The Hall–Kier alpha value is -1.59. The van der Waals surface area contributed by atoms with E-state index in [9.17, 15) is 4.79 Å². The molecule has 1 aromatic rings. The van der Waals surface area contributed by atoms with E-state index in [1.54, 1.807) is 0 Å². The second-order valence-electron chi connectivity index (χ2n) is 6.07. The van der Waals surface area contributed by atoms with Gasteiger partial charge in [-0.3, -0.25) is 0 Å². The number of hydrogen-bond acceptors (Lipinski definition) is 3. The fourth-order valence-electron chi connectivity index (χ4n) is 2.77. The van der Waals surface area contributed by atoms with E-state index in [2.05, 4.69) is 12.2 Å². The van der Waals surface area contributed by atoms with Crippen LogP contribution in [0.5, 0.6) is 0 Å². The van der Waals surface area contributed by atoms with Gasteiger partial charge in [0.1, 0.15) is 0 Å². The summed E-state index contributed by atoms with van der Waals surface area (Å²) in [5.74, 6) is 0.583. The molecule has 0 radical (unpaired) electrons. The number of amides is 2. The lowest BCUT2D eigenvalue weighted by Crippen LogP contribution is -2.41. The molecule has 0 unspecified atom stereocenters. The summed E-state index contributed by atoms with van der Waals surface area (Å²) in [6.07, 6.45) is 2.29. The van der Waals surface area contributed by atoms with Crippen LogP contribution in [-0.4, -0.2) is 43.8 Å². The molecule has 1 atom stereocenters. The van der Waals surface area contributed by atoms with E-state index < -0.39 is 0 Å². The van der Waals surface area contributed by atoms with Gasteiger partial charge in [0.05, 0.1) is 19.8 Å². The van der Waals surface area contributed by atoms with Crippen LogP contribution < -0.4 is 5.32 Å². The first-order valence-electron chi connectivity index (χ1n) is 8.49. The number of hydrogen-bond donors (Lipinski definition) is 1. The third-order valence-corrected chi connectivity index (χ3v) is 3.97. The molecule has 1 heterocycles. The maximum atomic E-state index is 12.3. The van der Waals surface area contributed by atoms with Crippen LogP contribution in [0.15, 0.2) is 24.3 Å². The third kappa shape index (κ3) is 6.20. The van der Waals surface area contributed by atoms with Gasteiger partial charge in [0, 0.05) is 25.4 Å². The van der Waals surface area contributed by atoms with Crippen LogP contribution >= 0.6 is 0 Å². The minimum atomic E-state index is -0.00837. The van der Waals surface area contributed by atoms with Gasteiger partial charge in [-0.1, -0.05) is 19.1 Å². The fraction of sp³-hybridized carbons (Fsp3) is 0.611. The summed E-state index contributed by atoms with van der Waals surface area (Å²) in [6, 6.07) is 7.81. The summed E-state index contributed by atoms with van der Waals surface area (Å²) in [5, 5.41) is 2.99. The highest BCUT2D eigenvalue weighted by Crippen LogP contribution is 2.17. The summed E-state index contributed by atoms with van der Waals surface area (Å²) in [6.45, 7) is 8.27. The summed E-state index contributed by atoms with van der Waals surface area (Å²) in [4.78, 5) is 14.2. The minimum absolute atomic E-state index is 0.00837. The van der Waals surface area contributed by atoms with Crippen LogP contribution in [0.3, 0.4) is 0 Å². The molecule has 1 aromatic carbocycles. The Kier molecular flexibility index (Phi) is 7.36. The van der Waals surface area contributed by atoms with Crippen molar-refractivity contribution < 1.29 is 14.3 Å². The molecule has 1 aliphatic heterocycles. The van der Waals surface area contributed by atoms with Gasteiger partial charge in [0.15, 0.2) is 0 Å². The van der Waals surface area contributed by atoms with Crippen LogP contribution in [-0.2, 0) is 16.1 Å². The number of ether oxygens (including phenoxy) is 2. The highest BCUT2D eigenvalue weighted by atomic mass is 16.5.